The van der Waals surface area contributed by atoms with E-state index in [0.29, 0.717) is 5.95 Å². The van der Waals surface area contributed by atoms with Gasteiger partial charge < -0.3 is 5.32 Å². The number of halogens is 2. The molecule has 0 fully saturated rings. The van der Waals surface area contributed by atoms with E-state index in [1.165, 1.54) is 0 Å². The van der Waals surface area contributed by atoms with E-state index in [2.05, 4.69) is 31.2 Å². The molecule has 0 aliphatic rings. The Morgan fingerprint density at radius 1 is 1.29 bits per heavy atom. The first-order chi connectivity index (χ1) is 8.15. The average Bonchev–Trinajstić information content (AvgIpc) is 2.32. The lowest BCUT2D eigenvalue weighted by molar-refractivity contribution is 0.613. The lowest BCUT2D eigenvalue weighted by atomic mass is 10.1. The molecule has 0 amide bonds. The van der Waals surface area contributed by atoms with E-state index in [9.17, 15) is 4.39 Å². The molecule has 0 saturated heterocycles. The summed E-state index contributed by atoms with van der Waals surface area (Å²) in [7, 11) is 0. The molecule has 1 atom stereocenters. The summed E-state index contributed by atoms with van der Waals surface area (Å²) in [5.41, 5.74) is 1.10. The van der Waals surface area contributed by atoms with Crippen molar-refractivity contribution in [2.75, 3.05) is 5.32 Å². The lowest BCUT2D eigenvalue weighted by Crippen LogP contribution is -2.09. The van der Waals surface area contributed by atoms with Crippen molar-refractivity contribution in [2.45, 2.75) is 13.0 Å². The first kappa shape index (κ1) is 12.0. The van der Waals surface area contributed by atoms with Gasteiger partial charge in [-0.3, -0.25) is 0 Å². The highest BCUT2D eigenvalue weighted by Gasteiger charge is 2.07. The highest BCUT2D eigenvalue weighted by atomic mass is 79.9. The van der Waals surface area contributed by atoms with Crippen LogP contribution in [0, 0.1) is 5.82 Å². The van der Waals surface area contributed by atoms with E-state index in [-0.39, 0.29) is 6.04 Å². The topological polar surface area (TPSA) is 37.8 Å². The third kappa shape index (κ3) is 3.23. The zero-order valence-electron chi connectivity index (χ0n) is 9.19. The molecule has 0 spiro atoms. The number of nitrogens with zero attached hydrogens (tertiary/aromatic N) is 2. The summed E-state index contributed by atoms with van der Waals surface area (Å²) in [6.07, 6.45) is 2.28. The summed E-state index contributed by atoms with van der Waals surface area (Å²) in [4.78, 5) is 7.71. The quantitative estimate of drug-likeness (QED) is 0.941. The monoisotopic (exact) mass is 295 g/mol. The second-order valence-corrected chi connectivity index (χ2v) is 4.56. The molecule has 0 saturated carbocycles. The maximum atomic E-state index is 12.6. The van der Waals surface area contributed by atoms with E-state index < -0.39 is 5.82 Å². The van der Waals surface area contributed by atoms with Crippen molar-refractivity contribution in [2.24, 2.45) is 0 Å². The van der Waals surface area contributed by atoms with Crippen molar-refractivity contribution < 1.29 is 4.39 Å². The van der Waals surface area contributed by atoms with E-state index in [4.69, 9.17) is 0 Å². The van der Waals surface area contributed by atoms with Gasteiger partial charge in [-0.15, -0.1) is 0 Å². The van der Waals surface area contributed by atoms with Gasteiger partial charge in [0.1, 0.15) is 0 Å². The van der Waals surface area contributed by atoms with E-state index in [1.54, 1.807) is 0 Å². The average molecular weight is 296 g/mol. The van der Waals surface area contributed by atoms with Crippen LogP contribution >= 0.6 is 15.9 Å². The predicted octanol–water partition coefficient (Wildman–Crippen LogP) is 3.55. The predicted molar refractivity (Wildman–Crippen MR) is 68.2 cm³/mol. The number of nitrogens with one attached hydrogen (secondary N) is 1. The van der Waals surface area contributed by atoms with Crippen LogP contribution in [0.5, 0.6) is 0 Å². The van der Waals surface area contributed by atoms with Gasteiger partial charge in [0.05, 0.1) is 18.4 Å². The van der Waals surface area contributed by atoms with Crippen LogP contribution in [0.4, 0.5) is 10.3 Å². The Morgan fingerprint density at radius 3 is 2.65 bits per heavy atom. The van der Waals surface area contributed by atoms with Crippen LogP contribution < -0.4 is 5.32 Å². The number of hydrogen-bond acceptors (Lipinski definition) is 3. The number of hydrogen-bond donors (Lipinski definition) is 1. The zero-order valence-corrected chi connectivity index (χ0v) is 10.8. The van der Waals surface area contributed by atoms with Crippen molar-refractivity contribution in [3.63, 3.8) is 0 Å². The summed E-state index contributed by atoms with van der Waals surface area (Å²) in [6, 6.07) is 8.00. The van der Waals surface area contributed by atoms with Gasteiger partial charge >= 0.3 is 0 Å². The second-order valence-electron chi connectivity index (χ2n) is 3.65. The van der Waals surface area contributed by atoms with Gasteiger partial charge in [0.25, 0.3) is 0 Å². The molecule has 0 aliphatic heterocycles. The van der Waals surface area contributed by atoms with Crippen LogP contribution in [-0.2, 0) is 0 Å². The molecule has 0 aliphatic carbocycles. The van der Waals surface area contributed by atoms with Crippen molar-refractivity contribution in [1.29, 1.82) is 0 Å². The van der Waals surface area contributed by atoms with Crippen LogP contribution in [0.1, 0.15) is 18.5 Å². The maximum absolute atomic E-state index is 12.6. The number of aromatic nitrogens is 2. The molecule has 5 heteroatoms. The minimum Gasteiger partial charge on any atom is -0.348 e. The summed E-state index contributed by atoms with van der Waals surface area (Å²) in [5.74, 6) is -0.0236. The second kappa shape index (κ2) is 5.23. The van der Waals surface area contributed by atoms with Gasteiger partial charge in [-0.25, -0.2) is 14.4 Å². The van der Waals surface area contributed by atoms with Crippen LogP contribution in [0.2, 0.25) is 0 Å². The van der Waals surface area contributed by atoms with Gasteiger partial charge in [0.2, 0.25) is 5.95 Å². The Hall–Kier alpha value is -1.49. The molecule has 2 aromatic rings. The molecule has 2 rings (SSSR count). The lowest BCUT2D eigenvalue weighted by Gasteiger charge is -2.14. The third-order valence-electron chi connectivity index (χ3n) is 2.31. The van der Waals surface area contributed by atoms with Gasteiger partial charge in [-0.2, -0.15) is 0 Å². The largest absolute Gasteiger partial charge is 0.348 e. The molecule has 1 N–H and O–H groups in total. The highest BCUT2D eigenvalue weighted by Crippen LogP contribution is 2.20. The van der Waals surface area contributed by atoms with Crippen LogP contribution in [0.3, 0.4) is 0 Å². The van der Waals surface area contributed by atoms with Crippen molar-refractivity contribution >= 4 is 21.9 Å². The van der Waals surface area contributed by atoms with Gasteiger partial charge in [0, 0.05) is 4.47 Å². The SMILES string of the molecule is CC(Nc1ncc(F)cn1)c1cccc(Br)c1. The van der Waals surface area contributed by atoms with Crippen molar-refractivity contribution in [1.82, 2.24) is 9.97 Å². The zero-order chi connectivity index (χ0) is 12.3. The summed E-state index contributed by atoms with van der Waals surface area (Å²) >= 11 is 3.42. The molecule has 1 unspecified atom stereocenters. The molecule has 3 nitrogen and oxygen atoms in total. The molecule has 17 heavy (non-hydrogen) atoms. The molecular formula is C12H11BrFN3. The third-order valence-corrected chi connectivity index (χ3v) is 2.81. The van der Waals surface area contributed by atoms with Crippen LogP contribution in [0.25, 0.3) is 0 Å². The van der Waals surface area contributed by atoms with Crippen LogP contribution in [0.15, 0.2) is 41.1 Å². The molecule has 0 radical (unpaired) electrons. The van der Waals surface area contributed by atoms with Crippen molar-refractivity contribution in [3.8, 4) is 0 Å². The Labute approximate surface area is 107 Å². The first-order valence-corrected chi connectivity index (χ1v) is 5.94. The highest BCUT2D eigenvalue weighted by molar-refractivity contribution is 9.10. The summed E-state index contributed by atoms with van der Waals surface area (Å²) < 4.78 is 13.7. The van der Waals surface area contributed by atoms with E-state index in [1.807, 2.05) is 31.2 Å². The number of benzene rings is 1. The summed E-state index contributed by atoms with van der Waals surface area (Å²) in [6.45, 7) is 1.99. The van der Waals surface area contributed by atoms with E-state index in [0.717, 1.165) is 22.4 Å². The standard InChI is InChI=1S/C12H11BrFN3/c1-8(9-3-2-4-10(13)5-9)17-12-15-6-11(14)7-16-12/h2-8H,1H3,(H,15,16,17). The molecule has 1 aromatic carbocycles. The normalized spacial score (nSPS) is 12.2. The minimum atomic E-state index is -0.439. The van der Waals surface area contributed by atoms with Crippen LogP contribution in [-0.4, -0.2) is 9.97 Å². The maximum Gasteiger partial charge on any atom is 0.223 e. The summed E-state index contributed by atoms with van der Waals surface area (Å²) in [5, 5.41) is 3.10. The fourth-order valence-electron chi connectivity index (χ4n) is 1.44. The minimum absolute atomic E-state index is 0.0537. The Balaban J connectivity index is 2.11. The number of rotatable bonds is 3. The Kier molecular flexibility index (Phi) is 3.68. The molecular weight excluding hydrogens is 285 g/mol. The Morgan fingerprint density at radius 2 is 2.00 bits per heavy atom. The number of anilines is 1. The Bertz CT molecular complexity index is 501. The fourth-order valence-corrected chi connectivity index (χ4v) is 1.86. The van der Waals surface area contributed by atoms with E-state index >= 15 is 0 Å². The molecule has 1 heterocycles. The molecule has 88 valence electrons. The first-order valence-electron chi connectivity index (χ1n) is 5.14. The fraction of sp³-hybridized carbons (Fsp3) is 0.167. The van der Waals surface area contributed by atoms with Gasteiger partial charge in [-0.1, -0.05) is 28.1 Å². The molecule has 1 aromatic heterocycles. The smallest absolute Gasteiger partial charge is 0.223 e. The van der Waals surface area contributed by atoms with Gasteiger partial charge in [0.15, 0.2) is 5.82 Å². The molecule has 0 bridgehead atoms. The van der Waals surface area contributed by atoms with Gasteiger partial charge in [-0.05, 0) is 24.6 Å². The van der Waals surface area contributed by atoms with Crippen molar-refractivity contribution in [3.05, 3.63) is 52.5 Å².